The third kappa shape index (κ3) is 3.15. The second kappa shape index (κ2) is 5.89. The molecule has 0 fully saturated rings. The van der Waals surface area contributed by atoms with Crippen LogP contribution in [-0.4, -0.2) is 5.97 Å². The van der Waals surface area contributed by atoms with Gasteiger partial charge in [0, 0.05) is 15.4 Å². The number of rotatable bonds is 4. The molecule has 0 saturated carbocycles. The van der Waals surface area contributed by atoms with E-state index in [4.69, 9.17) is 10.5 Å². The molecule has 0 aliphatic rings. The summed E-state index contributed by atoms with van der Waals surface area (Å²) in [5.41, 5.74) is 7.70. The van der Waals surface area contributed by atoms with Crippen LogP contribution in [0.15, 0.2) is 30.3 Å². The topological polar surface area (TPSA) is 52.3 Å². The third-order valence-electron chi connectivity index (χ3n) is 3.01. The molecule has 0 unspecified atom stereocenters. The number of carbonyl (C=O) groups is 1. The maximum atomic E-state index is 12.0. The Morgan fingerprint density at radius 1 is 1.26 bits per heavy atom. The number of nitrogen functional groups attached to an aromatic ring is 1. The molecule has 4 heteroatoms. The average molecular weight is 275 g/mol. The lowest BCUT2D eigenvalue weighted by Gasteiger charge is -2.07. The summed E-state index contributed by atoms with van der Waals surface area (Å²) >= 11 is 1.68. The van der Waals surface area contributed by atoms with Gasteiger partial charge in [0.05, 0.1) is 5.56 Å². The van der Waals surface area contributed by atoms with Crippen molar-refractivity contribution in [3.8, 4) is 0 Å². The van der Waals surface area contributed by atoms with E-state index in [1.807, 2.05) is 13.0 Å². The van der Waals surface area contributed by atoms with E-state index in [1.54, 1.807) is 29.5 Å². The highest BCUT2D eigenvalue weighted by Crippen LogP contribution is 2.20. The molecule has 1 aromatic heterocycles. The van der Waals surface area contributed by atoms with Crippen molar-refractivity contribution in [1.29, 1.82) is 0 Å². The van der Waals surface area contributed by atoms with Crippen LogP contribution in [-0.2, 0) is 17.8 Å². The summed E-state index contributed by atoms with van der Waals surface area (Å²) < 4.78 is 5.32. The summed E-state index contributed by atoms with van der Waals surface area (Å²) in [6.07, 6.45) is 1.01. The molecule has 19 heavy (non-hydrogen) atoms. The highest BCUT2D eigenvalue weighted by molar-refractivity contribution is 7.11. The quantitative estimate of drug-likeness (QED) is 0.685. The fraction of sp³-hybridized carbons (Fsp3) is 0.267. The van der Waals surface area contributed by atoms with E-state index in [-0.39, 0.29) is 5.97 Å². The lowest BCUT2D eigenvalue weighted by molar-refractivity contribution is 0.0476. The first-order valence-electron chi connectivity index (χ1n) is 6.21. The zero-order valence-electron chi connectivity index (χ0n) is 11.1. The number of nitrogens with two attached hydrogens (primary N) is 1. The Morgan fingerprint density at radius 3 is 2.68 bits per heavy atom. The SMILES string of the molecule is CCc1ccc(COC(=O)c2cccc(N)c2C)s1. The highest BCUT2D eigenvalue weighted by atomic mass is 32.1. The van der Waals surface area contributed by atoms with Gasteiger partial charge in [0.15, 0.2) is 0 Å². The van der Waals surface area contributed by atoms with Crippen molar-refractivity contribution in [2.75, 3.05) is 5.73 Å². The van der Waals surface area contributed by atoms with Gasteiger partial charge in [-0.05, 0) is 43.2 Å². The second-order valence-electron chi connectivity index (χ2n) is 4.32. The first-order valence-corrected chi connectivity index (χ1v) is 7.03. The van der Waals surface area contributed by atoms with Gasteiger partial charge in [-0.15, -0.1) is 11.3 Å². The Labute approximate surface area is 117 Å². The van der Waals surface area contributed by atoms with Gasteiger partial charge in [-0.25, -0.2) is 4.79 Å². The van der Waals surface area contributed by atoms with Crippen LogP contribution in [0.3, 0.4) is 0 Å². The van der Waals surface area contributed by atoms with Gasteiger partial charge in [0.2, 0.25) is 0 Å². The molecular formula is C15H17NO2S. The van der Waals surface area contributed by atoms with Crippen LogP contribution in [0, 0.1) is 6.92 Å². The van der Waals surface area contributed by atoms with Gasteiger partial charge < -0.3 is 10.5 Å². The van der Waals surface area contributed by atoms with Crippen molar-refractivity contribution in [1.82, 2.24) is 0 Å². The van der Waals surface area contributed by atoms with Gasteiger partial charge in [-0.3, -0.25) is 0 Å². The molecule has 2 N–H and O–H groups in total. The predicted octanol–water partition coefficient (Wildman–Crippen LogP) is 3.56. The summed E-state index contributed by atoms with van der Waals surface area (Å²) in [5.74, 6) is -0.323. The average Bonchev–Trinajstić information content (AvgIpc) is 2.87. The lowest BCUT2D eigenvalue weighted by Crippen LogP contribution is -2.07. The predicted molar refractivity (Wildman–Crippen MR) is 78.4 cm³/mol. The largest absolute Gasteiger partial charge is 0.456 e. The molecule has 1 aromatic carbocycles. The molecule has 0 atom stereocenters. The number of esters is 1. The summed E-state index contributed by atoms with van der Waals surface area (Å²) in [6.45, 7) is 4.25. The van der Waals surface area contributed by atoms with Crippen molar-refractivity contribution < 1.29 is 9.53 Å². The molecule has 2 aromatic rings. The number of ether oxygens (including phenoxy) is 1. The minimum Gasteiger partial charge on any atom is -0.456 e. The summed E-state index contributed by atoms with van der Waals surface area (Å²) in [7, 11) is 0. The Hall–Kier alpha value is -1.81. The minimum atomic E-state index is -0.323. The number of thiophene rings is 1. The summed E-state index contributed by atoms with van der Waals surface area (Å²) in [5, 5.41) is 0. The monoisotopic (exact) mass is 275 g/mol. The molecule has 1 heterocycles. The number of anilines is 1. The minimum absolute atomic E-state index is 0.317. The van der Waals surface area contributed by atoms with Crippen LogP contribution in [0.25, 0.3) is 0 Å². The second-order valence-corrected chi connectivity index (χ2v) is 5.57. The van der Waals surface area contributed by atoms with Crippen LogP contribution >= 0.6 is 11.3 Å². The summed E-state index contributed by atoms with van der Waals surface area (Å²) in [6, 6.07) is 9.35. The molecule has 0 aliphatic carbocycles. The Morgan fingerprint density at radius 2 is 2.00 bits per heavy atom. The zero-order valence-corrected chi connectivity index (χ0v) is 11.9. The number of aryl methyl sites for hydroxylation is 1. The number of benzene rings is 1. The van der Waals surface area contributed by atoms with E-state index in [0.29, 0.717) is 17.9 Å². The fourth-order valence-electron chi connectivity index (χ4n) is 1.78. The van der Waals surface area contributed by atoms with E-state index in [1.165, 1.54) is 4.88 Å². The Balaban J connectivity index is 2.03. The van der Waals surface area contributed by atoms with Gasteiger partial charge in [-0.2, -0.15) is 0 Å². The molecule has 100 valence electrons. The van der Waals surface area contributed by atoms with E-state index >= 15 is 0 Å². The van der Waals surface area contributed by atoms with Crippen LogP contribution in [0.1, 0.15) is 32.6 Å². The van der Waals surface area contributed by atoms with E-state index in [2.05, 4.69) is 13.0 Å². The van der Waals surface area contributed by atoms with Crippen LogP contribution < -0.4 is 5.73 Å². The van der Waals surface area contributed by atoms with Gasteiger partial charge in [0.1, 0.15) is 6.61 Å². The van der Waals surface area contributed by atoms with Gasteiger partial charge in [0.25, 0.3) is 0 Å². The van der Waals surface area contributed by atoms with Crippen LogP contribution in [0.2, 0.25) is 0 Å². The van der Waals surface area contributed by atoms with Crippen molar-refractivity contribution in [2.24, 2.45) is 0 Å². The first kappa shape index (κ1) is 13.6. The third-order valence-corrected chi connectivity index (χ3v) is 4.21. The Kier molecular flexibility index (Phi) is 4.22. The molecule has 0 aliphatic heterocycles. The number of carbonyl (C=O) groups excluding carboxylic acids is 1. The molecule has 2 rings (SSSR count). The maximum absolute atomic E-state index is 12.0. The molecule has 0 spiro atoms. The molecule has 3 nitrogen and oxygen atoms in total. The molecule has 0 amide bonds. The number of hydrogen-bond acceptors (Lipinski definition) is 4. The van der Waals surface area contributed by atoms with Crippen molar-refractivity contribution in [2.45, 2.75) is 26.9 Å². The molecule has 0 saturated heterocycles. The first-order chi connectivity index (χ1) is 9.11. The van der Waals surface area contributed by atoms with Gasteiger partial charge in [-0.1, -0.05) is 13.0 Å². The summed E-state index contributed by atoms with van der Waals surface area (Å²) in [4.78, 5) is 14.4. The van der Waals surface area contributed by atoms with E-state index < -0.39 is 0 Å². The van der Waals surface area contributed by atoms with Crippen molar-refractivity contribution >= 4 is 23.0 Å². The van der Waals surface area contributed by atoms with Crippen LogP contribution in [0.4, 0.5) is 5.69 Å². The maximum Gasteiger partial charge on any atom is 0.338 e. The van der Waals surface area contributed by atoms with E-state index in [0.717, 1.165) is 16.9 Å². The van der Waals surface area contributed by atoms with Crippen molar-refractivity contribution in [3.63, 3.8) is 0 Å². The van der Waals surface area contributed by atoms with Gasteiger partial charge >= 0.3 is 5.97 Å². The normalized spacial score (nSPS) is 10.4. The molecular weight excluding hydrogens is 258 g/mol. The lowest BCUT2D eigenvalue weighted by atomic mass is 10.1. The van der Waals surface area contributed by atoms with Crippen LogP contribution in [0.5, 0.6) is 0 Å². The van der Waals surface area contributed by atoms with E-state index in [9.17, 15) is 4.79 Å². The smallest absolute Gasteiger partial charge is 0.338 e. The Bertz CT molecular complexity index is 590. The standard InChI is InChI=1S/C15H17NO2S/c1-3-11-7-8-12(19-11)9-18-15(17)13-5-4-6-14(16)10(13)2/h4-8H,3,9,16H2,1-2H3. The molecule has 0 radical (unpaired) electrons. The highest BCUT2D eigenvalue weighted by Gasteiger charge is 2.12. The number of hydrogen-bond donors (Lipinski definition) is 1. The zero-order chi connectivity index (χ0) is 13.8. The fourth-order valence-corrected chi connectivity index (χ4v) is 2.65. The van der Waals surface area contributed by atoms with Crippen molar-refractivity contribution in [3.05, 3.63) is 51.2 Å². The molecule has 0 bridgehead atoms.